The van der Waals surface area contributed by atoms with Gasteiger partial charge in [0.1, 0.15) is 0 Å². The average molecular weight is 175 g/mol. The second-order valence-corrected chi connectivity index (χ2v) is 2.75. The Morgan fingerprint density at radius 2 is 1.83 bits per heavy atom. The first-order valence-electron chi connectivity index (χ1n) is 4.53. The molecule has 3 heteroatoms. The van der Waals surface area contributed by atoms with Gasteiger partial charge in [-0.2, -0.15) is 0 Å². The lowest BCUT2D eigenvalue weighted by Gasteiger charge is -2.04. The Labute approximate surface area is 75.2 Å². The van der Waals surface area contributed by atoms with Crippen LogP contribution in [-0.2, 0) is 4.79 Å². The minimum atomic E-state index is -0.740. The molecular formula is C9H21NO2. The Bertz CT molecular complexity index is 105. The molecule has 0 spiro atoms. The molecule has 0 aliphatic rings. The van der Waals surface area contributed by atoms with E-state index in [0.717, 1.165) is 6.54 Å². The van der Waals surface area contributed by atoms with Crippen molar-refractivity contribution in [3.05, 3.63) is 0 Å². The summed E-state index contributed by atoms with van der Waals surface area (Å²) in [4.78, 5) is 10.2. The summed E-state index contributed by atoms with van der Waals surface area (Å²) in [5.41, 5.74) is 0. The minimum Gasteiger partial charge on any atom is -0.481 e. The predicted octanol–water partition coefficient (Wildman–Crippen LogP) is 1.73. The fourth-order valence-electron chi connectivity index (χ4n) is 0.448. The number of carboxylic acid groups (broad SMARTS) is 1. The second kappa shape index (κ2) is 10.4. The predicted molar refractivity (Wildman–Crippen MR) is 51.3 cm³/mol. The van der Waals surface area contributed by atoms with E-state index in [1.54, 1.807) is 6.92 Å². The monoisotopic (exact) mass is 175 g/mol. The van der Waals surface area contributed by atoms with Gasteiger partial charge in [0.05, 0.1) is 5.92 Å². The maximum absolute atomic E-state index is 10.2. The summed E-state index contributed by atoms with van der Waals surface area (Å²) in [6, 6.07) is 0. The first-order valence-corrected chi connectivity index (χ1v) is 4.53. The van der Waals surface area contributed by atoms with E-state index in [1.165, 1.54) is 6.42 Å². The quantitative estimate of drug-likeness (QED) is 0.684. The molecule has 2 N–H and O–H groups in total. The van der Waals surface area contributed by atoms with Gasteiger partial charge in [-0.1, -0.05) is 34.1 Å². The standard InChI is InChI=1S/C6H13NO2.C3H8/c1-3-7-4-5(2)6(8)9;1-3-2/h5,7H,3-4H2,1-2H3,(H,8,9);3H2,1-2H3. The minimum absolute atomic E-state index is 0.273. The summed E-state index contributed by atoms with van der Waals surface area (Å²) in [5.74, 6) is -1.01. The highest BCUT2D eigenvalue weighted by Gasteiger charge is 2.07. The zero-order valence-electron chi connectivity index (χ0n) is 8.55. The summed E-state index contributed by atoms with van der Waals surface area (Å²) in [5, 5.41) is 11.3. The highest BCUT2D eigenvalue weighted by molar-refractivity contribution is 5.69. The van der Waals surface area contributed by atoms with E-state index in [2.05, 4.69) is 19.2 Å². The van der Waals surface area contributed by atoms with Crippen LogP contribution in [0.1, 0.15) is 34.1 Å². The summed E-state index contributed by atoms with van der Waals surface area (Å²) in [6.07, 6.45) is 1.25. The molecule has 0 rings (SSSR count). The third-order valence-corrected chi connectivity index (χ3v) is 1.12. The van der Waals surface area contributed by atoms with E-state index in [4.69, 9.17) is 5.11 Å². The van der Waals surface area contributed by atoms with Crippen molar-refractivity contribution in [1.82, 2.24) is 5.32 Å². The number of aliphatic carboxylic acids is 1. The van der Waals surface area contributed by atoms with E-state index < -0.39 is 5.97 Å². The van der Waals surface area contributed by atoms with Crippen LogP contribution in [0.3, 0.4) is 0 Å². The number of carboxylic acids is 1. The smallest absolute Gasteiger partial charge is 0.307 e. The summed E-state index contributed by atoms with van der Waals surface area (Å²) >= 11 is 0. The summed E-state index contributed by atoms with van der Waals surface area (Å²) in [6.45, 7) is 9.28. The molecule has 0 fully saturated rings. The third-order valence-electron chi connectivity index (χ3n) is 1.12. The van der Waals surface area contributed by atoms with Gasteiger partial charge < -0.3 is 10.4 Å². The van der Waals surface area contributed by atoms with Crippen molar-refractivity contribution in [2.45, 2.75) is 34.1 Å². The lowest BCUT2D eigenvalue weighted by atomic mass is 10.2. The molecule has 0 radical (unpaired) electrons. The van der Waals surface area contributed by atoms with E-state index in [-0.39, 0.29) is 5.92 Å². The number of carbonyl (C=O) groups is 1. The van der Waals surface area contributed by atoms with Crippen LogP contribution in [-0.4, -0.2) is 24.2 Å². The van der Waals surface area contributed by atoms with Crippen LogP contribution in [0.5, 0.6) is 0 Å². The highest BCUT2D eigenvalue weighted by atomic mass is 16.4. The molecule has 0 saturated heterocycles. The van der Waals surface area contributed by atoms with Gasteiger partial charge in [0.25, 0.3) is 0 Å². The van der Waals surface area contributed by atoms with Gasteiger partial charge >= 0.3 is 5.97 Å². The van der Waals surface area contributed by atoms with Crippen molar-refractivity contribution in [3.8, 4) is 0 Å². The Hall–Kier alpha value is -0.570. The molecule has 0 aromatic rings. The van der Waals surface area contributed by atoms with Gasteiger partial charge in [-0.05, 0) is 6.54 Å². The van der Waals surface area contributed by atoms with Crippen LogP contribution >= 0.6 is 0 Å². The Morgan fingerprint density at radius 3 is 2.08 bits per heavy atom. The van der Waals surface area contributed by atoms with Crippen molar-refractivity contribution in [1.29, 1.82) is 0 Å². The van der Waals surface area contributed by atoms with E-state index in [0.29, 0.717) is 6.54 Å². The van der Waals surface area contributed by atoms with Crippen molar-refractivity contribution in [3.63, 3.8) is 0 Å². The topological polar surface area (TPSA) is 49.3 Å². The van der Waals surface area contributed by atoms with Crippen LogP contribution in [0.25, 0.3) is 0 Å². The highest BCUT2D eigenvalue weighted by Crippen LogP contribution is 1.89. The van der Waals surface area contributed by atoms with Crippen LogP contribution in [0.15, 0.2) is 0 Å². The number of nitrogens with one attached hydrogen (secondary N) is 1. The van der Waals surface area contributed by atoms with Crippen LogP contribution in [0.2, 0.25) is 0 Å². The van der Waals surface area contributed by atoms with Crippen LogP contribution in [0.4, 0.5) is 0 Å². The SMILES string of the molecule is CCC.CCNCC(C)C(=O)O. The average Bonchev–Trinajstić information content (AvgIpc) is 2.01. The molecule has 0 heterocycles. The maximum Gasteiger partial charge on any atom is 0.307 e. The van der Waals surface area contributed by atoms with Gasteiger partial charge in [-0.15, -0.1) is 0 Å². The molecule has 0 amide bonds. The van der Waals surface area contributed by atoms with Gasteiger partial charge in [0, 0.05) is 6.54 Å². The van der Waals surface area contributed by atoms with Gasteiger partial charge in [0.15, 0.2) is 0 Å². The summed E-state index contributed by atoms with van der Waals surface area (Å²) < 4.78 is 0. The third kappa shape index (κ3) is 12.1. The van der Waals surface area contributed by atoms with E-state index in [9.17, 15) is 4.79 Å². The zero-order valence-corrected chi connectivity index (χ0v) is 8.55. The Kier molecular flexibility index (Phi) is 12.2. The number of rotatable bonds is 4. The van der Waals surface area contributed by atoms with Crippen molar-refractivity contribution in [2.24, 2.45) is 5.92 Å². The van der Waals surface area contributed by atoms with E-state index >= 15 is 0 Å². The number of hydrogen-bond acceptors (Lipinski definition) is 2. The molecular weight excluding hydrogens is 154 g/mol. The molecule has 0 aliphatic carbocycles. The molecule has 0 aliphatic heterocycles. The molecule has 0 aromatic heterocycles. The van der Waals surface area contributed by atoms with Crippen molar-refractivity contribution < 1.29 is 9.90 Å². The lowest BCUT2D eigenvalue weighted by molar-refractivity contribution is -0.140. The fraction of sp³-hybridized carbons (Fsp3) is 0.889. The molecule has 1 unspecified atom stereocenters. The molecule has 3 nitrogen and oxygen atoms in total. The lowest BCUT2D eigenvalue weighted by Crippen LogP contribution is -2.25. The molecule has 0 bridgehead atoms. The van der Waals surface area contributed by atoms with Gasteiger partial charge in [-0.25, -0.2) is 0 Å². The van der Waals surface area contributed by atoms with Crippen LogP contribution in [0, 0.1) is 5.92 Å². The molecule has 74 valence electrons. The largest absolute Gasteiger partial charge is 0.481 e. The van der Waals surface area contributed by atoms with Crippen molar-refractivity contribution in [2.75, 3.05) is 13.1 Å². The maximum atomic E-state index is 10.2. The molecule has 0 saturated carbocycles. The zero-order chi connectivity index (χ0) is 9.98. The van der Waals surface area contributed by atoms with Gasteiger partial charge in [0.2, 0.25) is 0 Å². The molecule has 0 aromatic carbocycles. The summed E-state index contributed by atoms with van der Waals surface area (Å²) in [7, 11) is 0. The Balaban J connectivity index is 0. The normalized spacial score (nSPS) is 11.3. The Morgan fingerprint density at radius 1 is 1.42 bits per heavy atom. The van der Waals surface area contributed by atoms with E-state index in [1.807, 2.05) is 6.92 Å². The van der Waals surface area contributed by atoms with Crippen LogP contribution < -0.4 is 5.32 Å². The first kappa shape index (κ1) is 14.0. The van der Waals surface area contributed by atoms with Gasteiger partial charge in [-0.3, -0.25) is 4.79 Å². The first-order chi connectivity index (χ1) is 5.59. The fourth-order valence-corrected chi connectivity index (χ4v) is 0.448. The second-order valence-electron chi connectivity index (χ2n) is 2.75. The number of hydrogen-bond donors (Lipinski definition) is 2. The molecule has 12 heavy (non-hydrogen) atoms. The van der Waals surface area contributed by atoms with Crippen molar-refractivity contribution >= 4 is 5.97 Å². The molecule has 1 atom stereocenters.